The number of fused-ring (bicyclic) bond motifs is 1. The molecule has 7 rings (SSSR count). The molecule has 0 atom stereocenters. The highest BCUT2D eigenvalue weighted by atomic mass is 15.2. The van der Waals surface area contributed by atoms with Crippen LogP contribution in [0.4, 0.5) is 28.4 Å². The van der Waals surface area contributed by atoms with Gasteiger partial charge in [-0.3, -0.25) is 0 Å². The van der Waals surface area contributed by atoms with Gasteiger partial charge in [0.25, 0.3) is 0 Å². The first-order valence-electron chi connectivity index (χ1n) is 15.4. The molecule has 6 aromatic carbocycles. The fraction of sp³-hybridized carbons (Fsp3) is 0.0952. The first-order valence-corrected chi connectivity index (χ1v) is 15.4. The highest BCUT2D eigenvalue weighted by molar-refractivity contribution is 6.11. The maximum absolute atomic E-state index is 2.39. The lowest BCUT2D eigenvalue weighted by Crippen LogP contribution is -2.16. The second kappa shape index (κ2) is 12.1. The van der Waals surface area contributed by atoms with Crippen molar-refractivity contribution in [2.24, 2.45) is 0 Å². The van der Waals surface area contributed by atoms with Crippen molar-refractivity contribution in [3.05, 3.63) is 175 Å². The predicted molar refractivity (Wildman–Crippen MR) is 189 cm³/mol. The van der Waals surface area contributed by atoms with Crippen LogP contribution in [0.15, 0.2) is 163 Å². The van der Waals surface area contributed by atoms with Gasteiger partial charge in [-0.05, 0) is 109 Å². The predicted octanol–water partition coefficient (Wildman–Crippen LogP) is 12.0. The normalized spacial score (nSPS) is 12.6. The summed E-state index contributed by atoms with van der Waals surface area (Å²) >= 11 is 0. The fourth-order valence-electron chi connectivity index (χ4n) is 6.37. The molecule has 0 unspecified atom stereocenters. The molecule has 44 heavy (non-hydrogen) atoms. The highest BCUT2D eigenvalue weighted by Crippen LogP contribution is 2.42. The van der Waals surface area contributed by atoms with Crippen molar-refractivity contribution in [2.75, 3.05) is 9.80 Å². The minimum absolute atomic E-state index is 1.05. The Bertz CT molecular complexity index is 1980. The van der Waals surface area contributed by atoms with E-state index in [1.807, 2.05) is 0 Å². The average Bonchev–Trinajstić information content (AvgIpc) is 3.08. The van der Waals surface area contributed by atoms with E-state index in [9.17, 15) is 0 Å². The number of allylic oxidation sites excluding steroid dienone is 3. The van der Waals surface area contributed by atoms with Gasteiger partial charge >= 0.3 is 0 Å². The molecule has 0 aliphatic heterocycles. The van der Waals surface area contributed by atoms with Gasteiger partial charge in [-0.2, -0.15) is 0 Å². The van der Waals surface area contributed by atoms with Crippen LogP contribution < -0.4 is 9.80 Å². The lowest BCUT2D eigenvalue weighted by atomic mass is 9.96. The molecule has 0 amide bonds. The third-order valence-corrected chi connectivity index (χ3v) is 8.59. The monoisotopic (exact) mass is 568 g/mol. The Morgan fingerprint density at radius 3 is 1.64 bits per heavy atom. The zero-order valence-corrected chi connectivity index (χ0v) is 25.3. The number of aryl methyl sites for hydroxylation is 2. The van der Waals surface area contributed by atoms with Crippen molar-refractivity contribution >= 4 is 50.0 Å². The fourth-order valence-corrected chi connectivity index (χ4v) is 6.37. The van der Waals surface area contributed by atoms with Gasteiger partial charge in [0.2, 0.25) is 0 Å². The van der Waals surface area contributed by atoms with Gasteiger partial charge in [0.05, 0.1) is 5.69 Å². The number of benzene rings is 5. The van der Waals surface area contributed by atoms with Crippen LogP contribution in [0.2, 0.25) is 0 Å². The zero-order valence-electron chi connectivity index (χ0n) is 25.3. The van der Waals surface area contributed by atoms with Crippen LogP contribution in [0.25, 0.3) is 21.5 Å². The number of anilines is 5. The van der Waals surface area contributed by atoms with E-state index in [2.05, 4.69) is 181 Å². The highest BCUT2D eigenvalue weighted by Gasteiger charge is 2.18. The van der Waals surface area contributed by atoms with Crippen molar-refractivity contribution in [2.45, 2.75) is 26.7 Å². The molecule has 0 aromatic heterocycles. The van der Waals surface area contributed by atoms with Gasteiger partial charge < -0.3 is 9.80 Å². The largest absolute Gasteiger partial charge is 0.311 e. The van der Waals surface area contributed by atoms with E-state index in [0.717, 1.165) is 29.9 Å². The summed E-state index contributed by atoms with van der Waals surface area (Å²) in [6.07, 6.45) is 9.02. The number of hydrogen-bond donors (Lipinski definition) is 0. The molecule has 0 spiro atoms. The van der Waals surface area contributed by atoms with E-state index in [0.29, 0.717) is 0 Å². The van der Waals surface area contributed by atoms with E-state index in [4.69, 9.17) is 0 Å². The van der Waals surface area contributed by atoms with Gasteiger partial charge in [-0.15, -0.1) is 0 Å². The molecule has 0 heterocycles. The average molecular weight is 569 g/mol. The van der Waals surface area contributed by atoms with Crippen LogP contribution in [0.5, 0.6) is 0 Å². The van der Waals surface area contributed by atoms with Crippen molar-refractivity contribution in [1.82, 2.24) is 0 Å². The number of hydrogen-bond acceptors (Lipinski definition) is 2. The molecule has 2 nitrogen and oxygen atoms in total. The Morgan fingerprint density at radius 1 is 0.477 bits per heavy atom. The molecule has 0 saturated heterocycles. The summed E-state index contributed by atoms with van der Waals surface area (Å²) in [7, 11) is 0. The van der Waals surface area contributed by atoms with Crippen LogP contribution in [0, 0.1) is 13.8 Å². The molecule has 2 heteroatoms. The molecule has 214 valence electrons. The maximum Gasteiger partial charge on any atom is 0.0540 e. The van der Waals surface area contributed by atoms with E-state index in [1.165, 1.54) is 49.7 Å². The van der Waals surface area contributed by atoms with E-state index in [1.54, 1.807) is 0 Å². The zero-order chi connectivity index (χ0) is 29.9. The minimum Gasteiger partial charge on any atom is -0.311 e. The lowest BCUT2D eigenvalue weighted by Gasteiger charge is -2.29. The van der Waals surface area contributed by atoms with E-state index in [-0.39, 0.29) is 0 Å². The minimum atomic E-state index is 1.05. The van der Waals surface area contributed by atoms with Crippen molar-refractivity contribution in [3.8, 4) is 0 Å². The molecule has 0 N–H and O–H groups in total. The van der Waals surface area contributed by atoms with Gasteiger partial charge in [0, 0.05) is 33.8 Å². The second-order valence-electron chi connectivity index (χ2n) is 11.4. The quantitative estimate of drug-likeness (QED) is 0.197. The molecular formula is C42H36N2. The third-order valence-electron chi connectivity index (χ3n) is 8.59. The van der Waals surface area contributed by atoms with Crippen molar-refractivity contribution in [3.63, 3.8) is 0 Å². The Labute approximate surface area is 260 Å². The number of rotatable bonds is 6. The van der Waals surface area contributed by atoms with E-state index >= 15 is 0 Å². The second-order valence-corrected chi connectivity index (χ2v) is 11.4. The SMILES string of the molecule is Cc1ccc2ccc(N(c3ccccc3)c3ccccc3)c3ccc(ccc1N(C1=CCCC=C1)c1ccccc1)c(C)c23. The smallest absolute Gasteiger partial charge is 0.0540 e. The number of para-hydroxylation sites is 3. The van der Waals surface area contributed by atoms with Gasteiger partial charge in [0.15, 0.2) is 0 Å². The first kappa shape index (κ1) is 27.5. The van der Waals surface area contributed by atoms with Gasteiger partial charge in [-0.25, -0.2) is 0 Å². The van der Waals surface area contributed by atoms with Crippen molar-refractivity contribution in [1.29, 1.82) is 0 Å². The lowest BCUT2D eigenvalue weighted by molar-refractivity contribution is 0.996. The topological polar surface area (TPSA) is 6.48 Å². The molecule has 6 aromatic rings. The van der Waals surface area contributed by atoms with Crippen molar-refractivity contribution < 1.29 is 0 Å². The number of nitrogens with zero attached hydrogens (tertiary/aromatic N) is 2. The summed E-state index contributed by atoms with van der Waals surface area (Å²) in [5, 5.41) is 4.97. The standard InChI is InChI=1S/C42H36N2/c1-31-23-24-34-27-30-41(44(37-19-11-5-12-20-37)38-21-13-6-14-22-38)39-28-25-33(32(2)42(34)39)26-29-40(31)43(35-15-7-3-8-16-35)36-17-9-4-10-18-36/h3,5-9,11-30H,4,10H2,1-2H3. The summed E-state index contributed by atoms with van der Waals surface area (Å²) in [6, 6.07) is 50.3. The van der Waals surface area contributed by atoms with Crippen LogP contribution in [0.3, 0.4) is 0 Å². The Balaban J connectivity index is 1.46. The summed E-state index contributed by atoms with van der Waals surface area (Å²) in [5.74, 6) is 0. The molecule has 2 bridgehead atoms. The van der Waals surface area contributed by atoms with Crippen LogP contribution in [-0.2, 0) is 0 Å². The Morgan fingerprint density at radius 2 is 1.02 bits per heavy atom. The molecule has 1 aliphatic carbocycles. The summed E-state index contributed by atoms with van der Waals surface area (Å²) in [6.45, 7) is 4.48. The molecule has 1 aliphatic rings. The van der Waals surface area contributed by atoms with Gasteiger partial charge in [-0.1, -0.05) is 103 Å². The molecule has 0 fully saturated rings. The van der Waals surface area contributed by atoms with Gasteiger partial charge in [0.1, 0.15) is 0 Å². The van der Waals surface area contributed by atoms with Crippen LogP contribution in [0.1, 0.15) is 24.0 Å². The molecular weight excluding hydrogens is 532 g/mol. The molecule has 0 saturated carbocycles. The van der Waals surface area contributed by atoms with Crippen LogP contribution >= 0.6 is 0 Å². The Hall–Kier alpha value is -5.34. The summed E-state index contributed by atoms with van der Waals surface area (Å²) < 4.78 is 0. The summed E-state index contributed by atoms with van der Waals surface area (Å²) in [4.78, 5) is 4.76. The maximum atomic E-state index is 2.39. The van der Waals surface area contributed by atoms with E-state index < -0.39 is 0 Å². The molecule has 0 radical (unpaired) electrons. The summed E-state index contributed by atoms with van der Waals surface area (Å²) in [5.41, 5.74) is 9.49. The van der Waals surface area contributed by atoms with Crippen LogP contribution in [-0.4, -0.2) is 0 Å². The third kappa shape index (κ3) is 5.20. The first-order chi connectivity index (χ1) is 21.7. The Kier molecular flexibility index (Phi) is 7.56.